The summed E-state index contributed by atoms with van der Waals surface area (Å²) in [6.07, 6.45) is 7.59. The highest BCUT2D eigenvalue weighted by Gasteiger charge is 2.26. The van der Waals surface area contributed by atoms with E-state index in [1.54, 1.807) is 36.5 Å². The molecule has 8 heteroatoms. The van der Waals surface area contributed by atoms with Crippen molar-refractivity contribution >= 4 is 51.4 Å². The van der Waals surface area contributed by atoms with E-state index < -0.39 is 17.7 Å². The van der Waals surface area contributed by atoms with Crippen LogP contribution in [-0.2, 0) is 28.9 Å². The molecule has 71 heavy (non-hydrogen) atoms. The Balaban J connectivity index is 0. The van der Waals surface area contributed by atoms with Crippen molar-refractivity contribution in [2.45, 2.75) is 116 Å². The number of benzene rings is 6. The Bertz CT molecular complexity index is 2630. The Morgan fingerprint density at radius 2 is 0.972 bits per heavy atom. The van der Waals surface area contributed by atoms with Gasteiger partial charge in [-0.3, -0.25) is 19.6 Å². The maximum absolute atomic E-state index is 11.6. The number of aromatic nitrogens is 2. The summed E-state index contributed by atoms with van der Waals surface area (Å²) in [6.45, 7) is 24.0. The molecular weight excluding hydrogens is 879 g/mol. The van der Waals surface area contributed by atoms with E-state index in [9.17, 15) is 24.3 Å². The lowest BCUT2D eigenvalue weighted by molar-refractivity contribution is -0.112. The van der Waals surface area contributed by atoms with Crippen LogP contribution in [0.15, 0.2) is 182 Å². The van der Waals surface area contributed by atoms with Crippen LogP contribution in [-0.4, -0.2) is 39.0 Å². The predicted molar refractivity (Wildman–Crippen MR) is 304 cm³/mol. The SMILES string of the molecule is C.CC.CC.CC.CC.CC.CC.O=C(O)c1c(Cc2ccccc2)cnc2ccccc12.O=C1Nc2ccccc2C1=O.O=CCCc1ccccc1.c1ccc(Cc2cnc3ccccc3c2)cc1. The number of rotatable bonds is 8. The van der Waals surface area contributed by atoms with Crippen molar-refractivity contribution in [3.05, 3.63) is 221 Å². The molecule has 0 unspecified atom stereocenters. The van der Waals surface area contributed by atoms with E-state index in [1.807, 2.05) is 186 Å². The zero-order valence-corrected chi connectivity index (χ0v) is 43.7. The Morgan fingerprint density at radius 3 is 1.51 bits per heavy atom. The molecule has 0 saturated carbocycles. The quantitative estimate of drug-likeness (QED) is 0.115. The van der Waals surface area contributed by atoms with Gasteiger partial charge in [-0.25, -0.2) is 4.79 Å². The summed E-state index contributed by atoms with van der Waals surface area (Å²) < 4.78 is 0. The van der Waals surface area contributed by atoms with Gasteiger partial charge in [-0.15, -0.1) is 0 Å². The summed E-state index contributed by atoms with van der Waals surface area (Å²) in [5, 5.41) is 13.9. The van der Waals surface area contributed by atoms with Crippen molar-refractivity contribution in [2.75, 3.05) is 5.32 Å². The van der Waals surface area contributed by atoms with Gasteiger partial charge in [0.1, 0.15) is 6.29 Å². The molecule has 0 spiro atoms. The van der Waals surface area contributed by atoms with Gasteiger partial charge in [-0.05, 0) is 77.4 Å². The number of anilines is 1. The Morgan fingerprint density at radius 1 is 0.521 bits per heavy atom. The molecule has 1 aliphatic heterocycles. The molecule has 0 atom stereocenters. The topological polar surface area (TPSA) is 126 Å². The first kappa shape index (κ1) is 65.5. The summed E-state index contributed by atoms with van der Waals surface area (Å²) in [5.41, 5.74) is 8.83. The van der Waals surface area contributed by atoms with Crippen molar-refractivity contribution < 1.29 is 24.3 Å². The zero-order chi connectivity index (χ0) is 52.5. The number of ketones is 1. The second kappa shape index (κ2) is 41.4. The minimum atomic E-state index is -0.908. The molecule has 0 saturated heterocycles. The average molecular weight is 960 g/mol. The largest absolute Gasteiger partial charge is 0.478 e. The number of hydrogen-bond donors (Lipinski definition) is 2. The number of amides is 1. The number of Topliss-reactive ketones (excluding diaryl/α,β-unsaturated/α-hetero) is 1. The minimum absolute atomic E-state index is 0. The van der Waals surface area contributed by atoms with E-state index in [0.29, 0.717) is 40.6 Å². The van der Waals surface area contributed by atoms with Gasteiger partial charge in [0.2, 0.25) is 0 Å². The van der Waals surface area contributed by atoms with Crippen molar-refractivity contribution in [3.8, 4) is 0 Å². The number of nitrogens with zero attached hydrogens (tertiary/aromatic N) is 2. The maximum Gasteiger partial charge on any atom is 0.336 e. The molecule has 8 nitrogen and oxygen atoms in total. The van der Waals surface area contributed by atoms with Gasteiger partial charge < -0.3 is 15.2 Å². The van der Waals surface area contributed by atoms with Gasteiger partial charge in [0, 0.05) is 29.6 Å². The predicted octanol–water partition coefficient (Wildman–Crippen LogP) is 16.8. The number of carboxylic acids is 1. The Hall–Kier alpha value is -7.58. The van der Waals surface area contributed by atoms with Gasteiger partial charge >= 0.3 is 5.97 Å². The fourth-order valence-corrected chi connectivity index (χ4v) is 6.39. The van der Waals surface area contributed by atoms with E-state index in [4.69, 9.17) is 0 Å². The first-order valence-corrected chi connectivity index (χ1v) is 24.8. The number of aryl methyl sites for hydroxylation is 1. The smallest absolute Gasteiger partial charge is 0.336 e. The number of fused-ring (bicyclic) bond motifs is 3. The Labute approximate surface area is 426 Å². The number of hydrogen-bond acceptors (Lipinski definition) is 6. The Kier molecular flexibility index (Phi) is 38.2. The van der Waals surface area contributed by atoms with Crippen LogP contribution >= 0.6 is 0 Å². The number of carbonyl (C=O) groups is 4. The molecule has 6 aromatic carbocycles. The number of pyridine rings is 2. The van der Waals surface area contributed by atoms with Crippen molar-refractivity contribution in [3.63, 3.8) is 0 Å². The highest BCUT2D eigenvalue weighted by molar-refractivity contribution is 6.51. The van der Waals surface area contributed by atoms with E-state index in [2.05, 4.69) is 57.7 Å². The van der Waals surface area contributed by atoms with Gasteiger partial charge in [-0.1, -0.05) is 230 Å². The summed E-state index contributed by atoms with van der Waals surface area (Å²) in [4.78, 5) is 52.2. The van der Waals surface area contributed by atoms with Crippen LogP contribution in [0.3, 0.4) is 0 Å². The third-order valence-electron chi connectivity index (χ3n) is 9.22. The summed E-state index contributed by atoms with van der Waals surface area (Å²) >= 11 is 0. The lowest BCUT2D eigenvalue weighted by Crippen LogP contribution is -2.12. The lowest BCUT2D eigenvalue weighted by atomic mass is 9.98. The standard InChI is InChI=1S/C17H13NO2.C16H13N.C9H10O.C8H5NO2.6C2H6.CH4/c19-17(20)16-13(10-12-6-2-1-3-7-12)11-18-15-9-5-4-8-14(15)16;1-2-6-13(7-3-1)10-14-11-15-8-4-5-9-16(15)17-12-14;10-8-4-7-9-5-2-1-3-6-9;10-7-5-3-1-2-4-6(5)9-8(7)11;6*1-2;/h1-9,11H,10H2,(H,19,20);1-9,11-12H,10H2;1-3,5-6,8H,4,7H2;1-4H,(H,9,10,11);6*1-2H3;1H4. The molecule has 0 radical (unpaired) electrons. The molecule has 378 valence electrons. The van der Waals surface area contributed by atoms with E-state index in [0.717, 1.165) is 35.8 Å². The zero-order valence-electron chi connectivity index (χ0n) is 43.7. The summed E-state index contributed by atoms with van der Waals surface area (Å²) in [6, 6.07) is 54.9. The van der Waals surface area contributed by atoms with Crippen molar-refractivity contribution in [1.29, 1.82) is 0 Å². The van der Waals surface area contributed by atoms with Crippen LogP contribution < -0.4 is 5.32 Å². The summed E-state index contributed by atoms with van der Waals surface area (Å²) in [5.74, 6) is -1.89. The van der Waals surface area contributed by atoms with E-state index in [1.165, 1.54) is 22.1 Å². The van der Waals surface area contributed by atoms with Crippen LogP contribution in [0.25, 0.3) is 21.8 Å². The fraction of sp³-hybridized carbons (Fsp3) is 0.270. The van der Waals surface area contributed by atoms with Crippen LogP contribution in [0, 0.1) is 0 Å². The molecule has 1 aliphatic rings. The number of aromatic carboxylic acids is 1. The van der Waals surface area contributed by atoms with Gasteiger partial charge in [0.25, 0.3) is 11.7 Å². The first-order chi connectivity index (χ1) is 34.4. The molecule has 2 N–H and O–H groups in total. The lowest BCUT2D eigenvalue weighted by Gasteiger charge is -2.09. The normalized spacial score (nSPS) is 9.58. The van der Waals surface area contributed by atoms with Gasteiger partial charge in [0.15, 0.2) is 0 Å². The number of nitrogens with one attached hydrogen (secondary N) is 1. The van der Waals surface area contributed by atoms with Crippen molar-refractivity contribution in [2.24, 2.45) is 0 Å². The molecule has 0 bridgehead atoms. The molecule has 0 aliphatic carbocycles. The van der Waals surface area contributed by atoms with Crippen LogP contribution in [0.4, 0.5) is 5.69 Å². The first-order valence-electron chi connectivity index (χ1n) is 24.8. The third kappa shape index (κ3) is 23.1. The van der Waals surface area contributed by atoms with Gasteiger partial charge in [0.05, 0.1) is 27.8 Å². The number of carboxylic acid groups (broad SMARTS) is 1. The van der Waals surface area contributed by atoms with Gasteiger partial charge in [-0.2, -0.15) is 0 Å². The fourth-order valence-electron chi connectivity index (χ4n) is 6.39. The molecular formula is C63H81N3O5. The number of aldehydes is 1. The molecule has 1 amide bonds. The van der Waals surface area contributed by atoms with Crippen LogP contribution in [0.2, 0.25) is 0 Å². The molecule has 3 heterocycles. The van der Waals surface area contributed by atoms with E-state index in [-0.39, 0.29) is 7.43 Å². The average Bonchev–Trinajstić information content (AvgIpc) is 3.74. The number of para-hydroxylation sites is 3. The second-order valence-electron chi connectivity index (χ2n) is 13.4. The molecule has 0 fully saturated rings. The van der Waals surface area contributed by atoms with Crippen LogP contribution in [0.5, 0.6) is 0 Å². The highest BCUT2D eigenvalue weighted by atomic mass is 16.4. The monoisotopic (exact) mass is 960 g/mol. The third-order valence-corrected chi connectivity index (χ3v) is 9.22. The molecule has 9 rings (SSSR count). The molecule has 2 aromatic heterocycles. The summed E-state index contributed by atoms with van der Waals surface area (Å²) in [7, 11) is 0. The molecule has 8 aromatic rings. The second-order valence-corrected chi connectivity index (χ2v) is 13.4. The van der Waals surface area contributed by atoms with Crippen molar-refractivity contribution in [1.82, 2.24) is 9.97 Å². The van der Waals surface area contributed by atoms with Crippen LogP contribution in [0.1, 0.15) is 145 Å². The highest BCUT2D eigenvalue weighted by Crippen LogP contribution is 2.23. The van der Waals surface area contributed by atoms with E-state index >= 15 is 0 Å². The minimum Gasteiger partial charge on any atom is -0.478 e. The number of carbonyl (C=O) groups excluding carboxylic acids is 3. The maximum atomic E-state index is 11.6.